The van der Waals surface area contributed by atoms with E-state index in [-0.39, 0.29) is 5.91 Å². The highest BCUT2D eigenvalue weighted by Gasteiger charge is 2.01. The van der Waals surface area contributed by atoms with E-state index in [2.05, 4.69) is 47.1 Å². The number of rotatable bonds is 8. The number of carbonyl (C=O) groups excluding carboxylic acids is 1. The molecule has 0 saturated heterocycles. The lowest BCUT2D eigenvalue weighted by molar-refractivity contribution is -0.121. The SMILES string of the molecule is O=C(CCCc1cccs1)NCCCc1ccccc1. The normalized spacial score (nSPS) is 10.4. The van der Waals surface area contributed by atoms with Crippen LogP contribution in [0.15, 0.2) is 47.8 Å². The van der Waals surface area contributed by atoms with Crippen molar-refractivity contribution in [3.63, 3.8) is 0 Å². The van der Waals surface area contributed by atoms with Crippen molar-refractivity contribution < 1.29 is 4.79 Å². The molecular weight excluding hydrogens is 266 g/mol. The van der Waals surface area contributed by atoms with Crippen LogP contribution < -0.4 is 5.32 Å². The first-order valence-corrected chi connectivity index (χ1v) is 8.05. The van der Waals surface area contributed by atoms with Crippen molar-refractivity contribution in [2.24, 2.45) is 0 Å². The molecule has 0 bridgehead atoms. The maximum atomic E-state index is 11.7. The monoisotopic (exact) mass is 287 g/mol. The molecule has 0 radical (unpaired) electrons. The fraction of sp³-hybridized carbons (Fsp3) is 0.353. The van der Waals surface area contributed by atoms with Gasteiger partial charge in [0.25, 0.3) is 0 Å². The topological polar surface area (TPSA) is 29.1 Å². The van der Waals surface area contributed by atoms with Gasteiger partial charge in [0.1, 0.15) is 0 Å². The molecule has 2 aromatic rings. The molecule has 1 heterocycles. The maximum absolute atomic E-state index is 11.7. The molecule has 106 valence electrons. The van der Waals surface area contributed by atoms with E-state index >= 15 is 0 Å². The van der Waals surface area contributed by atoms with E-state index < -0.39 is 0 Å². The zero-order chi connectivity index (χ0) is 14.0. The number of carbonyl (C=O) groups is 1. The van der Waals surface area contributed by atoms with Gasteiger partial charge in [-0.2, -0.15) is 0 Å². The van der Waals surface area contributed by atoms with Gasteiger partial charge >= 0.3 is 0 Å². The summed E-state index contributed by atoms with van der Waals surface area (Å²) >= 11 is 1.76. The zero-order valence-corrected chi connectivity index (χ0v) is 12.5. The highest BCUT2D eigenvalue weighted by atomic mass is 32.1. The Morgan fingerprint density at radius 1 is 1.00 bits per heavy atom. The molecular formula is C17H21NOS. The molecule has 0 fully saturated rings. The third-order valence-corrected chi connectivity index (χ3v) is 4.15. The average Bonchev–Trinajstić information content (AvgIpc) is 2.98. The quantitative estimate of drug-likeness (QED) is 0.735. The van der Waals surface area contributed by atoms with E-state index in [0.717, 1.165) is 32.2 Å². The molecule has 1 aromatic heterocycles. The van der Waals surface area contributed by atoms with Crippen LogP contribution in [-0.4, -0.2) is 12.5 Å². The molecule has 2 nitrogen and oxygen atoms in total. The van der Waals surface area contributed by atoms with Crippen molar-refractivity contribution in [1.29, 1.82) is 0 Å². The van der Waals surface area contributed by atoms with Crippen LogP contribution in [-0.2, 0) is 17.6 Å². The summed E-state index contributed by atoms with van der Waals surface area (Å²) in [6.45, 7) is 0.771. The van der Waals surface area contributed by atoms with Crippen LogP contribution in [0.1, 0.15) is 29.7 Å². The maximum Gasteiger partial charge on any atom is 0.220 e. The van der Waals surface area contributed by atoms with E-state index in [4.69, 9.17) is 0 Å². The van der Waals surface area contributed by atoms with Gasteiger partial charge in [0, 0.05) is 17.8 Å². The van der Waals surface area contributed by atoms with Crippen molar-refractivity contribution >= 4 is 17.2 Å². The second kappa shape index (κ2) is 8.54. The first kappa shape index (κ1) is 14.8. The lowest BCUT2D eigenvalue weighted by Gasteiger charge is -2.05. The summed E-state index contributed by atoms with van der Waals surface area (Å²) in [5.74, 6) is 0.176. The molecule has 0 aliphatic heterocycles. The standard InChI is InChI=1S/C17H21NOS/c19-17(12-4-10-16-11-6-14-20-16)18-13-5-9-15-7-2-1-3-8-15/h1-3,6-8,11,14H,4-5,9-10,12-13H2,(H,18,19). The Kier molecular flexibility index (Phi) is 6.32. The summed E-state index contributed by atoms with van der Waals surface area (Å²) in [5, 5.41) is 5.08. The molecule has 0 aliphatic carbocycles. The van der Waals surface area contributed by atoms with Gasteiger partial charge in [0.15, 0.2) is 0 Å². The first-order chi connectivity index (χ1) is 9.84. The predicted molar refractivity (Wildman–Crippen MR) is 85.0 cm³/mol. The predicted octanol–water partition coefficient (Wildman–Crippen LogP) is 3.82. The molecule has 20 heavy (non-hydrogen) atoms. The smallest absolute Gasteiger partial charge is 0.220 e. The van der Waals surface area contributed by atoms with Crippen molar-refractivity contribution in [2.45, 2.75) is 32.1 Å². The fourth-order valence-corrected chi connectivity index (χ4v) is 2.88. The van der Waals surface area contributed by atoms with Gasteiger partial charge in [-0.25, -0.2) is 0 Å². The molecule has 0 spiro atoms. The Hall–Kier alpha value is -1.61. The van der Waals surface area contributed by atoms with Gasteiger partial charge < -0.3 is 5.32 Å². The first-order valence-electron chi connectivity index (χ1n) is 7.17. The van der Waals surface area contributed by atoms with Crippen LogP contribution in [0.5, 0.6) is 0 Å². The molecule has 1 amide bonds. The summed E-state index contributed by atoms with van der Waals surface area (Å²) in [7, 11) is 0. The third-order valence-electron chi connectivity index (χ3n) is 3.21. The van der Waals surface area contributed by atoms with E-state index in [1.807, 2.05) is 6.07 Å². The van der Waals surface area contributed by atoms with Crippen LogP contribution in [0.25, 0.3) is 0 Å². The number of hydrogen-bond donors (Lipinski definition) is 1. The van der Waals surface area contributed by atoms with Crippen LogP contribution in [0, 0.1) is 0 Å². The number of aryl methyl sites for hydroxylation is 2. The summed E-state index contributed by atoms with van der Waals surface area (Å²) < 4.78 is 0. The molecule has 0 aliphatic rings. The Labute approximate surface area is 124 Å². The molecule has 0 unspecified atom stereocenters. The number of hydrogen-bond acceptors (Lipinski definition) is 2. The minimum atomic E-state index is 0.176. The third kappa shape index (κ3) is 5.57. The fourth-order valence-electron chi connectivity index (χ4n) is 2.13. The van der Waals surface area contributed by atoms with Gasteiger partial charge in [-0.1, -0.05) is 36.4 Å². The van der Waals surface area contributed by atoms with Crippen molar-refractivity contribution in [3.8, 4) is 0 Å². The molecule has 0 atom stereocenters. The highest BCUT2D eigenvalue weighted by molar-refractivity contribution is 7.09. The number of benzene rings is 1. The second-order valence-electron chi connectivity index (χ2n) is 4.87. The lowest BCUT2D eigenvalue weighted by atomic mass is 10.1. The van der Waals surface area contributed by atoms with Crippen molar-refractivity contribution in [2.75, 3.05) is 6.54 Å². The van der Waals surface area contributed by atoms with Gasteiger partial charge in [0.2, 0.25) is 5.91 Å². The molecule has 2 rings (SSSR count). The number of amides is 1. The second-order valence-corrected chi connectivity index (χ2v) is 5.90. The van der Waals surface area contributed by atoms with Gasteiger partial charge in [-0.15, -0.1) is 11.3 Å². The molecule has 1 aromatic carbocycles. The van der Waals surface area contributed by atoms with Gasteiger partial charge in [0.05, 0.1) is 0 Å². The van der Waals surface area contributed by atoms with E-state index in [9.17, 15) is 4.79 Å². The summed E-state index contributed by atoms with van der Waals surface area (Å²) in [6, 6.07) is 14.6. The van der Waals surface area contributed by atoms with Gasteiger partial charge in [-0.3, -0.25) is 4.79 Å². The van der Waals surface area contributed by atoms with E-state index in [0.29, 0.717) is 6.42 Å². The van der Waals surface area contributed by atoms with Crippen molar-refractivity contribution in [3.05, 3.63) is 58.3 Å². The van der Waals surface area contributed by atoms with Crippen LogP contribution in [0.3, 0.4) is 0 Å². The van der Waals surface area contributed by atoms with Crippen LogP contribution >= 0.6 is 11.3 Å². The zero-order valence-electron chi connectivity index (χ0n) is 11.7. The Morgan fingerprint density at radius 2 is 1.85 bits per heavy atom. The van der Waals surface area contributed by atoms with E-state index in [1.165, 1.54) is 10.4 Å². The molecule has 1 N–H and O–H groups in total. The molecule has 0 saturated carbocycles. The number of nitrogens with one attached hydrogen (secondary N) is 1. The van der Waals surface area contributed by atoms with Gasteiger partial charge in [-0.05, 0) is 42.7 Å². The highest BCUT2D eigenvalue weighted by Crippen LogP contribution is 2.11. The largest absolute Gasteiger partial charge is 0.356 e. The average molecular weight is 287 g/mol. The van der Waals surface area contributed by atoms with E-state index in [1.54, 1.807) is 11.3 Å². The number of thiophene rings is 1. The Bertz CT molecular complexity index is 493. The lowest BCUT2D eigenvalue weighted by Crippen LogP contribution is -2.24. The Morgan fingerprint density at radius 3 is 2.60 bits per heavy atom. The minimum Gasteiger partial charge on any atom is -0.356 e. The van der Waals surface area contributed by atoms with Crippen LogP contribution in [0.2, 0.25) is 0 Å². The molecule has 3 heteroatoms. The summed E-state index contributed by atoms with van der Waals surface area (Å²) in [6.07, 6.45) is 4.60. The summed E-state index contributed by atoms with van der Waals surface area (Å²) in [4.78, 5) is 13.0. The summed E-state index contributed by atoms with van der Waals surface area (Å²) in [5.41, 5.74) is 1.33. The Balaban J connectivity index is 1.52. The minimum absolute atomic E-state index is 0.176. The van der Waals surface area contributed by atoms with Crippen molar-refractivity contribution in [1.82, 2.24) is 5.32 Å². The van der Waals surface area contributed by atoms with Crippen LogP contribution in [0.4, 0.5) is 0 Å².